The first kappa shape index (κ1) is 12.2. The van der Waals surface area contributed by atoms with E-state index in [1.165, 1.54) is 12.3 Å². The van der Waals surface area contributed by atoms with E-state index >= 15 is 0 Å². The zero-order chi connectivity index (χ0) is 13.0. The Hall–Kier alpha value is -2.30. The number of pyridine rings is 1. The Bertz CT molecular complexity index is 570. The summed E-state index contributed by atoms with van der Waals surface area (Å²) in [5.74, 6) is -0.0296. The molecule has 0 spiro atoms. The molecule has 2 rings (SSSR count). The van der Waals surface area contributed by atoms with Crippen molar-refractivity contribution in [1.29, 1.82) is 0 Å². The highest BCUT2D eigenvalue weighted by molar-refractivity contribution is 5.87. The molecule has 0 bridgehead atoms. The summed E-state index contributed by atoms with van der Waals surface area (Å²) >= 11 is 0. The van der Waals surface area contributed by atoms with E-state index in [2.05, 4.69) is 15.0 Å². The van der Waals surface area contributed by atoms with E-state index in [0.717, 1.165) is 5.69 Å². The zero-order valence-corrected chi connectivity index (χ0v) is 10.3. The molecule has 0 radical (unpaired) electrons. The maximum atomic E-state index is 11.6. The highest BCUT2D eigenvalue weighted by Crippen LogP contribution is 2.12. The standard InChI is InChI=1S/C13H13N3O2/c1-3-18-13(17)11-7-8-14-12(16-11)10-6-4-5-9(2)15-10/h4-8H,3H2,1-2H3. The van der Waals surface area contributed by atoms with Gasteiger partial charge in [-0.05, 0) is 32.0 Å². The predicted octanol–water partition coefficient (Wildman–Crippen LogP) is 2.02. The van der Waals surface area contributed by atoms with Crippen molar-refractivity contribution in [2.45, 2.75) is 13.8 Å². The monoisotopic (exact) mass is 243 g/mol. The molecule has 0 atom stereocenters. The lowest BCUT2D eigenvalue weighted by atomic mass is 10.3. The second kappa shape index (κ2) is 5.35. The van der Waals surface area contributed by atoms with E-state index in [4.69, 9.17) is 4.74 Å². The number of hydrogen-bond donors (Lipinski definition) is 0. The molecule has 5 nitrogen and oxygen atoms in total. The van der Waals surface area contributed by atoms with Gasteiger partial charge in [-0.15, -0.1) is 0 Å². The van der Waals surface area contributed by atoms with Crippen LogP contribution in [0.25, 0.3) is 11.5 Å². The van der Waals surface area contributed by atoms with Gasteiger partial charge >= 0.3 is 5.97 Å². The molecule has 0 aliphatic carbocycles. The van der Waals surface area contributed by atoms with Crippen molar-refractivity contribution in [2.24, 2.45) is 0 Å². The van der Waals surface area contributed by atoms with Crippen LogP contribution in [-0.2, 0) is 4.74 Å². The van der Waals surface area contributed by atoms with E-state index in [0.29, 0.717) is 18.1 Å². The van der Waals surface area contributed by atoms with Crippen LogP contribution >= 0.6 is 0 Å². The van der Waals surface area contributed by atoms with Crippen LogP contribution in [0.15, 0.2) is 30.5 Å². The summed E-state index contributed by atoms with van der Waals surface area (Å²) in [4.78, 5) is 24.1. The Morgan fingerprint density at radius 2 is 2.11 bits per heavy atom. The Kier molecular flexibility index (Phi) is 3.62. The maximum absolute atomic E-state index is 11.6. The van der Waals surface area contributed by atoms with Crippen LogP contribution < -0.4 is 0 Å². The minimum Gasteiger partial charge on any atom is -0.461 e. The molecule has 0 unspecified atom stereocenters. The average Bonchev–Trinajstić information content (AvgIpc) is 2.39. The SMILES string of the molecule is CCOC(=O)c1ccnc(-c2cccc(C)n2)n1. The molecule has 0 aromatic carbocycles. The van der Waals surface area contributed by atoms with Crippen molar-refractivity contribution < 1.29 is 9.53 Å². The molecule has 0 aliphatic rings. The molecule has 92 valence electrons. The molecule has 0 saturated carbocycles. The van der Waals surface area contributed by atoms with Crippen LogP contribution in [0.2, 0.25) is 0 Å². The largest absolute Gasteiger partial charge is 0.461 e. The number of carbonyl (C=O) groups excluding carboxylic acids is 1. The van der Waals surface area contributed by atoms with Gasteiger partial charge in [0.25, 0.3) is 0 Å². The summed E-state index contributed by atoms with van der Waals surface area (Å²) in [6, 6.07) is 7.09. The van der Waals surface area contributed by atoms with Crippen molar-refractivity contribution in [2.75, 3.05) is 6.61 Å². The minimum absolute atomic E-state index is 0.241. The number of aromatic nitrogens is 3. The smallest absolute Gasteiger partial charge is 0.357 e. The summed E-state index contributed by atoms with van der Waals surface area (Å²) < 4.78 is 4.89. The van der Waals surface area contributed by atoms with E-state index in [1.807, 2.05) is 19.1 Å². The fourth-order valence-corrected chi connectivity index (χ4v) is 1.47. The Balaban J connectivity index is 2.35. The molecule has 0 saturated heterocycles. The lowest BCUT2D eigenvalue weighted by Gasteiger charge is -2.03. The second-order valence-electron chi connectivity index (χ2n) is 3.65. The number of esters is 1. The lowest BCUT2D eigenvalue weighted by Crippen LogP contribution is -2.08. The zero-order valence-electron chi connectivity index (χ0n) is 10.3. The van der Waals surface area contributed by atoms with Gasteiger partial charge < -0.3 is 4.74 Å². The third-order valence-corrected chi connectivity index (χ3v) is 2.26. The van der Waals surface area contributed by atoms with Gasteiger partial charge in [-0.25, -0.2) is 19.7 Å². The minimum atomic E-state index is -0.450. The van der Waals surface area contributed by atoms with Crippen molar-refractivity contribution in [3.8, 4) is 11.5 Å². The van der Waals surface area contributed by atoms with Crippen LogP contribution in [0.3, 0.4) is 0 Å². The van der Waals surface area contributed by atoms with E-state index in [-0.39, 0.29) is 5.69 Å². The first-order valence-electron chi connectivity index (χ1n) is 5.65. The summed E-state index contributed by atoms with van der Waals surface area (Å²) in [5, 5.41) is 0. The topological polar surface area (TPSA) is 65.0 Å². The van der Waals surface area contributed by atoms with Crippen LogP contribution in [-0.4, -0.2) is 27.5 Å². The molecule has 0 amide bonds. The van der Waals surface area contributed by atoms with Gasteiger partial charge in [0.2, 0.25) is 0 Å². The highest BCUT2D eigenvalue weighted by atomic mass is 16.5. The van der Waals surface area contributed by atoms with Crippen LogP contribution in [0.1, 0.15) is 23.1 Å². The quantitative estimate of drug-likeness (QED) is 0.772. The van der Waals surface area contributed by atoms with Gasteiger partial charge in [-0.2, -0.15) is 0 Å². The Morgan fingerprint density at radius 3 is 2.83 bits per heavy atom. The summed E-state index contributed by atoms with van der Waals surface area (Å²) in [6.45, 7) is 3.96. The van der Waals surface area contributed by atoms with E-state index in [9.17, 15) is 4.79 Å². The van der Waals surface area contributed by atoms with Gasteiger partial charge in [0.15, 0.2) is 11.5 Å². The number of ether oxygens (including phenoxy) is 1. The molecular weight excluding hydrogens is 230 g/mol. The summed E-state index contributed by atoms with van der Waals surface area (Å²) in [7, 11) is 0. The molecule has 2 aromatic rings. The average molecular weight is 243 g/mol. The number of carbonyl (C=O) groups is 1. The number of aryl methyl sites for hydroxylation is 1. The molecule has 18 heavy (non-hydrogen) atoms. The van der Waals surface area contributed by atoms with Gasteiger partial charge in [-0.3, -0.25) is 0 Å². The number of rotatable bonds is 3. The van der Waals surface area contributed by atoms with Crippen molar-refractivity contribution in [3.63, 3.8) is 0 Å². The third-order valence-electron chi connectivity index (χ3n) is 2.26. The maximum Gasteiger partial charge on any atom is 0.357 e. The van der Waals surface area contributed by atoms with Crippen molar-refractivity contribution >= 4 is 5.97 Å². The molecule has 2 aromatic heterocycles. The van der Waals surface area contributed by atoms with Gasteiger partial charge in [-0.1, -0.05) is 6.07 Å². The predicted molar refractivity (Wildman–Crippen MR) is 66.0 cm³/mol. The van der Waals surface area contributed by atoms with Crippen LogP contribution in [0.4, 0.5) is 0 Å². The van der Waals surface area contributed by atoms with Crippen LogP contribution in [0.5, 0.6) is 0 Å². The summed E-state index contributed by atoms with van der Waals surface area (Å²) in [5.41, 5.74) is 1.75. The Morgan fingerprint density at radius 1 is 1.28 bits per heavy atom. The molecule has 5 heteroatoms. The lowest BCUT2D eigenvalue weighted by molar-refractivity contribution is 0.0519. The summed E-state index contributed by atoms with van der Waals surface area (Å²) in [6.07, 6.45) is 1.53. The van der Waals surface area contributed by atoms with Gasteiger partial charge in [0.1, 0.15) is 5.69 Å². The molecule has 2 heterocycles. The first-order chi connectivity index (χ1) is 8.70. The molecule has 0 aliphatic heterocycles. The van der Waals surface area contributed by atoms with Gasteiger partial charge in [0.05, 0.1) is 6.61 Å². The number of nitrogens with zero attached hydrogens (tertiary/aromatic N) is 3. The fourth-order valence-electron chi connectivity index (χ4n) is 1.47. The fraction of sp³-hybridized carbons (Fsp3) is 0.231. The van der Waals surface area contributed by atoms with Gasteiger partial charge in [0, 0.05) is 11.9 Å². The number of hydrogen-bond acceptors (Lipinski definition) is 5. The Labute approximate surface area is 105 Å². The van der Waals surface area contributed by atoms with Crippen LogP contribution in [0, 0.1) is 6.92 Å². The highest BCUT2D eigenvalue weighted by Gasteiger charge is 2.11. The third kappa shape index (κ3) is 2.68. The van der Waals surface area contributed by atoms with E-state index < -0.39 is 5.97 Å². The molecule has 0 fully saturated rings. The van der Waals surface area contributed by atoms with Crippen molar-refractivity contribution in [1.82, 2.24) is 15.0 Å². The molecular formula is C13H13N3O2. The van der Waals surface area contributed by atoms with E-state index in [1.54, 1.807) is 13.0 Å². The van der Waals surface area contributed by atoms with Crippen molar-refractivity contribution in [3.05, 3.63) is 41.9 Å². The molecule has 0 N–H and O–H groups in total. The normalized spacial score (nSPS) is 10.1. The first-order valence-corrected chi connectivity index (χ1v) is 5.65. The second-order valence-corrected chi connectivity index (χ2v) is 3.65.